The largest absolute Gasteiger partial charge is 0.459 e. The van der Waals surface area contributed by atoms with Crippen molar-refractivity contribution < 1.29 is 14.3 Å². The van der Waals surface area contributed by atoms with Crippen LogP contribution in [0.5, 0.6) is 0 Å². The molecule has 3 heterocycles. The van der Waals surface area contributed by atoms with Gasteiger partial charge in [-0.2, -0.15) is 0 Å². The first-order valence-electron chi connectivity index (χ1n) is 8.33. The molecule has 3 aliphatic heterocycles. The summed E-state index contributed by atoms with van der Waals surface area (Å²) in [6, 6.07) is 0. The molecule has 0 radical (unpaired) electrons. The third-order valence-electron chi connectivity index (χ3n) is 5.73. The van der Waals surface area contributed by atoms with Crippen LogP contribution in [0, 0.1) is 11.8 Å². The van der Waals surface area contributed by atoms with Gasteiger partial charge in [-0.3, -0.25) is 9.69 Å². The first kappa shape index (κ1) is 13.8. The Balaban J connectivity index is 1.57. The fraction of sp³-hybridized carbons (Fsp3) is 0.824. The lowest BCUT2D eigenvalue weighted by Gasteiger charge is -2.22. The van der Waals surface area contributed by atoms with Crippen LogP contribution in [-0.4, -0.2) is 48.3 Å². The molecule has 0 aromatic carbocycles. The van der Waals surface area contributed by atoms with Crippen LogP contribution in [0.2, 0.25) is 0 Å². The van der Waals surface area contributed by atoms with Crippen LogP contribution >= 0.6 is 0 Å². The maximum Gasteiger partial charge on any atom is 0.311 e. The van der Waals surface area contributed by atoms with E-state index in [1.165, 1.54) is 5.57 Å². The molecule has 1 aliphatic carbocycles. The summed E-state index contributed by atoms with van der Waals surface area (Å²) in [5.74, 6) is 0.389. The highest BCUT2D eigenvalue weighted by Gasteiger charge is 2.62. The summed E-state index contributed by atoms with van der Waals surface area (Å²) < 4.78 is 11.8. The molecule has 3 fully saturated rings. The van der Waals surface area contributed by atoms with Gasteiger partial charge in [-0.1, -0.05) is 11.6 Å². The van der Waals surface area contributed by atoms with E-state index in [4.69, 9.17) is 9.47 Å². The lowest BCUT2D eigenvalue weighted by atomic mass is 9.80. The molecule has 0 aromatic rings. The van der Waals surface area contributed by atoms with Crippen molar-refractivity contribution in [2.24, 2.45) is 11.8 Å². The molecule has 0 amide bonds. The number of carbonyl (C=O) groups is 1. The van der Waals surface area contributed by atoms with Gasteiger partial charge in [0, 0.05) is 25.6 Å². The third kappa shape index (κ3) is 2.53. The fourth-order valence-corrected chi connectivity index (χ4v) is 4.08. The minimum atomic E-state index is -0.0773. The van der Waals surface area contributed by atoms with E-state index in [2.05, 4.69) is 24.8 Å². The first-order valence-corrected chi connectivity index (χ1v) is 8.33. The van der Waals surface area contributed by atoms with Gasteiger partial charge in [-0.05, 0) is 39.5 Å². The number of rotatable bonds is 2. The Morgan fingerprint density at radius 1 is 1.43 bits per heavy atom. The number of nitrogens with zero attached hydrogens (tertiary/aromatic N) is 1. The molecule has 0 saturated carbocycles. The van der Waals surface area contributed by atoms with Crippen molar-refractivity contribution in [2.45, 2.75) is 57.3 Å². The van der Waals surface area contributed by atoms with Gasteiger partial charge in [0.25, 0.3) is 0 Å². The summed E-state index contributed by atoms with van der Waals surface area (Å²) in [6.07, 6.45) is 6.69. The smallest absolute Gasteiger partial charge is 0.311 e. The number of carbonyl (C=O) groups excluding carboxylic acids is 1. The minimum Gasteiger partial charge on any atom is -0.459 e. The van der Waals surface area contributed by atoms with Gasteiger partial charge in [0.15, 0.2) is 0 Å². The van der Waals surface area contributed by atoms with Crippen LogP contribution < -0.4 is 0 Å². The highest BCUT2D eigenvalue weighted by atomic mass is 16.6. The van der Waals surface area contributed by atoms with Crippen molar-refractivity contribution in [1.82, 2.24) is 4.90 Å². The summed E-state index contributed by atoms with van der Waals surface area (Å²) in [5, 5.41) is 0. The molecule has 3 saturated heterocycles. The number of hydrogen-bond donors (Lipinski definition) is 0. The number of hydrogen-bond acceptors (Lipinski definition) is 4. The van der Waals surface area contributed by atoms with E-state index < -0.39 is 0 Å². The maximum atomic E-state index is 12.3. The van der Waals surface area contributed by atoms with Crippen molar-refractivity contribution in [3.05, 3.63) is 11.6 Å². The Bertz CT molecular complexity index is 484. The van der Waals surface area contributed by atoms with Crippen LogP contribution in [0.1, 0.15) is 39.5 Å². The van der Waals surface area contributed by atoms with E-state index >= 15 is 0 Å². The molecule has 0 N–H and O–H groups in total. The van der Waals surface area contributed by atoms with Crippen molar-refractivity contribution >= 4 is 5.97 Å². The summed E-state index contributed by atoms with van der Waals surface area (Å²) in [7, 11) is 0. The van der Waals surface area contributed by atoms with E-state index in [1.807, 2.05) is 0 Å². The van der Waals surface area contributed by atoms with Gasteiger partial charge >= 0.3 is 5.97 Å². The molecule has 4 aliphatic rings. The Morgan fingerprint density at radius 2 is 2.24 bits per heavy atom. The molecular formula is C17H25NO3. The standard InChI is InChI=1S/C17H25NO3/c1-11-4-3-7-17(2)15(21-17)14-12(6-5-11)13(16(19)20-14)10-18-8-9-18/h4,12-15H,3,5-10H2,1-2H3/t12-,13-,14-,15-,17+/m0/s1. The molecule has 4 rings (SSSR count). The minimum absolute atomic E-state index is 0.00984. The third-order valence-corrected chi connectivity index (χ3v) is 5.73. The van der Waals surface area contributed by atoms with Crippen LogP contribution in [-0.2, 0) is 14.3 Å². The SMILES string of the molecule is CC1=CCC[C@@]2(C)O[C@H]2[C@H]2OC(=O)[C@@H](CN3CC3)[C@@H]2CC1. The second kappa shape index (κ2) is 4.82. The predicted molar refractivity (Wildman–Crippen MR) is 78.8 cm³/mol. The van der Waals surface area contributed by atoms with Crippen molar-refractivity contribution in [2.75, 3.05) is 19.6 Å². The van der Waals surface area contributed by atoms with Crippen molar-refractivity contribution in [3.8, 4) is 0 Å². The summed E-state index contributed by atoms with van der Waals surface area (Å²) in [5.41, 5.74) is 1.37. The lowest BCUT2D eigenvalue weighted by molar-refractivity contribution is -0.145. The molecule has 0 spiro atoms. The van der Waals surface area contributed by atoms with E-state index in [0.717, 1.165) is 45.3 Å². The van der Waals surface area contributed by atoms with E-state index in [-0.39, 0.29) is 29.7 Å². The number of allylic oxidation sites excluding steroid dienone is 2. The Kier molecular flexibility index (Phi) is 3.16. The number of ether oxygens (including phenoxy) is 2. The molecule has 21 heavy (non-hydrogen) atoms. The first-order chi connectivity index (χ1) is 10.1. The molecule has 5 atom stereocenters. The van der Waals surface area contributed by atoms with E-state index in [1.54, 1.807) is 0 Å². The van der Waals surface area contributed by atoms with Crippen LogP contribution in [0.25, 0.3) is 0 Å². The quantitative estimate of drug-likeness (QED) is 0.444. The summed E-state index contributed by atoms with van der Waals surface area (Å²) in [6.45, 7) is 7.54. The molecule has 4 heteroatoms. The highest BCUT2D eigenvalue weighted by Crippen LogP contribution is 2.50. The Labute approximate surface area is 126 Å². The number of fused-ring (bicyclic) bond motifs is 3. The van der Waals surface area contributed by atoms with Crippen molar-refractivity contribution in [1.29, 1.82) is 0 Å². The van der Waals surface area contributed by atoms with Gasteiger partial charge in [0.1, 0.15) is 12.2 Å². The van der Waals surface area contributed by atoms with Crippen LogP contribution in [0.3, 0.4) is 0 Å². The van der Waals surface area contributed by atoms with Gasteiger partial charge in [-0.25, -0.2) is 0 Å². The van der Waals surface area contributed by atoms with Gasteiger partial charge in [-0.15, -0.1) is 0 Å². The zero-order valence-electron chi connectivity index (χ0n) is 13.0. The van der Waals surface area contributed by atoms with Gasteiger partial charge < -0.3 is 9.47 Å². The molecule has 116 valence electrons. The monoisotopic (exact) mass is 291 g/mol. The normalized spacial score (nSPS) is 46.2. The van der Waals surface area contributed by atoms with Crippen LogP contribution in [0.15, 0.2) is 11.6 Å². The Morgan fingerprint density at radius 3 is 3.00 bits per heavy atom. The second-order valence-electron chi connectivity index (χ2n) is 7.45. The van der Waals surface area contributed by atoms with E-state index in [9.17, 15) is 4.79 Å². The molecule has 0 unspecified atom stereocenters. The highest BCUT2D eigenvalue weighted by molar-refractivity contribution is 5.76. The average molecular weight is 291 g/mol. The maximum absolute atomic E-state index is 12.3. The molecular weight excluding hydrogens is 266 g/mol. The number of esters is 1. The molecule has 0 aromatic heterocycles. The summed E-state index contributed by atoms with van der Waals surface area (Å²) >= 11 is 0. The lowest BCUT2D eigenvalue weighted by Crippen LogP contribution is -2.32. The molecule has 4 nitrogen and oxygen atoms in total. The Hall–Kier alpha value is -0.870. The fourth-order valence-electron chi connectivity index (χ4n) is 4.08. The average Bonchev–Trinajstić information content (AvgIpc) is 3.32. The predicted octanol–water partition coefficient (Wildman–Crippen LogP) is 2.14. The van der Waals surface area contributed by atoms with Gasteiger partial charge in [0.2, 0.25) is 0 Å². The van der Waals surface area contributed by atoms with Crippen molar-refractivity contribution in [3.63, 3.8) is 0 Å². The van der Waals surface area contributed by atoms with E-state index in [0.29, 0.717) is 5.92 Å². The summed E-state index contributed by atoms with van der Waals surface area (Å²) in [4.78, 5) is 14.7. The second-order valence-corrected chi connectivity index (χ2v) is 7.45. The molecule has 0 bridgehead atoms. The van der Waals surface area contributed by atoms with Crippen LogP contribution in [0.4, 0.5) is 0 Å². The zero-order valence-corrected chi connectivity index (χ0v) is 13.0. The number of epoxide rings is 1. The van der Waals surface area contributed by atoms with Gasteiger partial charge in [0.05, 0.1) is 11.5 Å². The zero-order chi connectivity index (χ0) is 14.6. The topological polar surface area (TPSA) is 41.8 Å².